The lowest BCUT2D eigenvalue weighted by molar-refractivity contribution is -0.141. The van der Waals surface area contributed by atoms with Crippen LogP contribution in [0.4, 0.5) is 5.69 Å². The van der Waals surface area contributed by atoms with Gasteiger partial charge in [-0.2, -0.15) is 5.21 Å². The van der Waals surface area contributed by atoms with Gasteiger partial charge in [0.1, 0.15) is 11.8 Å². The molecular weight excluding hydrogens is 432 g/mol. The van der Waals surface area contributed by atoms with E-state index >= 15 is 0 Å². The molecule has 6 rings (SSSR count). The lowest BCUT2D eigenvalue weighted by atomic mass is 9.72. The van der Waals surface area contributed by atoms with Crippen molar-refractivity contribution >= 4 is 11.7 Å². The summed E-state index contributed by atoms with van der Waals surface area (Å²) in [4.78, 5) is 13.8. The minimum Gasteiger partial charge on any atom is -0.490 e. The lowest BCUT2D eigenvalue weighted by Gasteiger charge is -2.41. The first-order valence-electron chi connectivity index (χ1n) is 12.0. The molecule has 9 heteroatoms. The Hall–Kier alpha value is -3.46. The molecule has 3 N–H and O–H groups in total. The van der Waals surface area contributed by atoms with E-state index in [1.807, 2.05) is 6.07 Å². The zero-order chi connectivity index (χ0) is 23.1. The van der Waals surface area contributed by atoms with E-state index in [4.69, 9.17) is 4.74 Å². The van der Waals surface area contributed by atoms with E-state index in [9.17, 15) is 9.90 Å². The number of carboxylic acid groups (broad SMARTS) is 1. The third kappa shape index (κ3) is 3.90. The average molecular weight is 461 g/mol. The van der Waals surface area contributed by atoms with Crippen molar-refractivity contribution in [3.05, 3.63) is 54.8 Å². The molecule has 3 heterocycles. The van der Waals surface area contributed by atoms with Crippen LogP contribution in [-0.2, 0) is 4.79 Å². The predicted octanol–water partition coefficient (Wildman–Crippen LogP) is 2.92. The van der Waals surface area contributed by atoms with Crippen molar-refractivity contribution in [3.63, 3.8) is 0 Å². The van der Waals surface area contributed by atoms with E-state index in [1.54, 1.807) is 0 Å². The quantitative estimate of drug-likeness (QED) is 0.624. The number of rotatable bonds is 5. The minimum absolute atomic E-state index is 0.0223. The van der Waals surface area contributed by atoms with Gasteiger partial charge in [0, 0.05) is 23.9 Å². The molecule has 0 spiro atoms. The maximum atomic E-state index is 11.5. The number of hydrogen-bond acceptors (Lipinski definition) is 7. The van der Waals surface area contributed by atoms with Gasteiger partial charge in [0.05, 0.1) is 17.7 Å². The molecule has 34 heavy (non-hydrogen) atoms. The summed E-state index contributed by atoms with van der Waals surface area (Å²) in [6, 6.07) is 5.92. The number of aromatic nitrogens is 4. The number of fused-ring (bicyclic) bond motifs is 2. The average Bonchev–Trinajstić information content (AvgIpc) is 3.54. The number of allylic oxidation sites excluding steroid dienone is 2. The number of nitrogens with zero attached hydrogens (tertiary/aromatic N) is 4. The number of aliphatic carboxylic acids is 1. The molecule has 0 radical (unpaired) electrons. The minimum atomic E-state index is -0.767. The van der Waals surface area contributed by atoms with Crippen LogP contribution in [0.25, 0.3) is 11.4 Å². The first-order valence-corrected chi connectivity index (χ1v) is 12.0. The molecule has 0 bridgehead atoms. The van der Waals surface area contributed by atoms with E-state index in [-0.39, 0.29) is 12.1 Å². The van der Waals surface area contributed by atoms with E-state index in [2.05, 4.69) is 79.6 Å². The second-order valence-corrected chi connectivity index (χ2v) is 9.61. The van der Waals surface area contributed by atoms with Gasteiger partial charge in [-0.1, -0.05) is 30.4 Å². The number of anilines is 1. The second-order valence-electron chi connectivity index (χ2n) is 9.61. The highest BCUT2D eigenvalue weighted by Gasteiger charge is 2.38. The Bertz CT molecular complexity index is 1140. The molecule has 1 saturated carbocycles. The van der Waals surface area contributed by atoms with Crippen LogP contribution in [0, 0.1) is 17.8 Å². The summed E-state index contributed by atoms with van der Waals surface area (Å²) >= 11 is 0. The van der Waals surface area contributed by atoms with Crippen LogP contribution in [-0.4, -0.2) is 56.4 Å². The Labute approximate surface area is 197 Å². The van der Waals surface area contributed by atoms with Gasteiger partial charge in [0.15, 0.2) is 0 Å². The third-order valence-electron chi connectivity index (χ3n) is 7.64. The van der Waals surface area contributed by atoms with Crippen molar-refractivity contribution in [1.82, 2.24) is 25.9 Å². The molecule has 4 aliphatic rings. The normalized spacial score (nSPS) is 31.8. The molecule has 1 aromatic carbocycles. The van der Waals surface area contributed by atoms with Crippen molar-refractivity contribution in [2.24, 2.45) is 17.8 Å². The third-order valence-corrected chi connectivity index (χ3v) is 7.64. The molecule has 6 atom stereocenters. The van der Waals surface area contributed by atoms with E-state index in [0.717, 1.165) is 42.8 Å². The van der Waals surface area contributed by atoms with Crippen LogP contribution in [0.5, 0.6) is 5.75 Å². The van der Waals surface area contributed by atoms with Crippen LogP contribution in [0.15, 0.2) is 54.8 Å². The number of nitrogens with one attached hydrogen (secondary N) is 2. The number of aromatic amines is 1. The summed E-state index contributed by atoms with van der Waals surface area (Å²) in [7, 11) is 0. The molecule has 2 aliphatic heterocycles. The highest BCUT2D eigenvalue weighted by Crippen LogP contribution is 2.41. The molecule has 1 aromatic heterocycles. The molecule has 2 fully saturated rings. The van der Waals surface area contributed by atoms with E-state index in [0.29, 0.717) is 30.0 Å². The number of tetrazole rings is 1. The van der Waals surface area contributed by atoms with Crippen molar-refractivity contribution in [3.8, 4) is 17.1 Å². The Morgan fingerprint density at radius 1 is 1.12 bits per heavy atom. The molecular formula is C25H28N6O3. The largest absolute Gasteiger partial charge is 0.490 e. The second kappa shape index (κ2) is 8.72. The Morgan fingerprint density at radius 2 is 2.03 bits per heavy atom. The number of hydrogen-bond donors (Lipinski definition) is 3. The highest BCUT2D eigenvalue weighted by molar-refractivity contribution is 5.73. The van der Waals surface area contributed by atoms with Gasteiger partial charge >= 0.3 is 5.97 Å². The fourth-order valence-electron chi connectivity index (χ4n) is 5.84. The van der Waals surface area contributed by atoms with Crippen molar-refractivity contribution in [2.45, 2.75) is 43.9 Å². The van der Waals surface area contributed by atoms with Gasteiger partial charge in [0.25, 0.3) is 0 Å². The topological polar surface area (TPSA) is 116 Å². The Morgan fingerprint density at radius 3 is 2.88 bits per heavy atom. The molecule has 2 aromatic rings. The fraction of sp³-hybridized carbons (Fsp3) is 0.440. The van der Waals surface area contributed by atoms with E-state index < -0.39 is 12.0 Å². The maximum absolute atomic E-state index is 11.5. The van der Waals surface area contributed by atoms with Crippen molar-refractivity contribution < 1.29 is 14.6 Å². The number of benzene rings is 1. The van der Waals surface area contributed by atoms with E-state index in [1.165, 1.54) is 0 Å². The van der Waals surface area contributed by atoms with Gasteiger partial charge < -0.3 is 20.1 Å². The lowest BCUT2D eigenvalue weighted by Crippen LogP contribution is -2.50. The Balaban J connectivity index is 1.26. The zero-order valence-electron chi connectivity index (χ0n) is 18.7. The first kappa shape index (κ1) is 21.1. The van der Waals surface area contributed by atoms with Gasteiger partial charge in [-0.15, -0.1) is 10.2 Å². The number of carboxylic acids is 1. The molecule has 2 aliphatic carbocycles. The highest BCUT2D eigenvalue weighted by atomic mass is 16.5. The summed E-state index contributed by atoms with van der Waals surface area (Å²) in [6.45, 7) is 0.768. The summed E-state index contributed by atoms with van der Waals surface area (Å²) in [6.07, 6.45) is 16.5. The SMILES string of the molecule is O=C(O)[C@@H]1C[C@H]2C[C@@H](Oc3cc(N4C=CC5C=CC=CC54)ccc3-c3nn[nH]n3)CC[C@H]2CN1. The van der Waals surface area contributed by atoms with Crippen LogP contribution in [0.1, 0.15) is 25.7 Å². The van der Waals surface area contributed by atoms with Crippen molar-refractivity contribution in [1.29, 1.82) is 0 Å². The van der Waals surface area contributed by atoms with Crippen LogP contribution in [0.2, 0.25) is 0 Å². The van der Waals surface area contributed by atoms with Gasteiger partial charge in [-0.25, -0.2) is 0 Å². The number of ether oxygens (including phenoxy) is 1. The predicted molar refractivity (Wildman–Crippen MR) is 126 cm³/mol. The molecule has 2 unspecified atom stereocenters. The summed E-state index contributed by atoms with van der Waals surface area (Å²) in [5.41, 5.74) is 1.85. The van der Waals surface area contributed by atoms with Gasteiger partial charge in [0.2, 0.25) is 5.82 Å². The summed E-state index contributed by atoms with van der Waals surface area (Å²) in [5.74, 6) is 1.69. The number of piperidine rings is 1. The van der Waals surface area contributed by atoms with Crippen LogP contribution in [0.3, 0.4) is 0 Å². The van der Waals surface area contributed by atoms with Crippen LogP contribution < -0.4 is 15.0 Å². The number of H-pyrrole nitrogens is 1. The summed E-state index contributed by atoms with van der Waals surface area (Å²) in [5, 5.41) is 27.3. The zero-order valence-corrected chi connectivity index (χ0v) is 18.7. The first-order chi connectivity index (χ1) is 16.7. The number of carbonyl (C=O) groups is 1. The van der Waals surface area contributed by atoms with Gasteiger partial charge in [-0.05, 0) is 61.4 Å². The fourth-order valence-corrected chi connectivity index (χ4v) is 5.84. The van der Waals surface area contributed by atoms with Crippen molar-refractivity contribution in [2.75, 3.05) is 11.4 Å². The standard InChI is InChI=1S/C25H28N6O3/c32-25(33)21-12-17-11-19(7-5-16(17)14-26-21)34-23-13-18(6-8-20(23)24-27-29-30-28-24)31-10-9-15-3-1-2-4-22(15)31/h1-4,6,8-10,13,15-17,19,21-22,26H,5,7,11-12,14H2,(H,32,33)(H,27,28,29,30)/t15?,16-,17+,19-,21-,22?/m0/s1. The van der Waals surface area contributed by atoms with Gasteiger partial charge in [-0.3, -0.25) is 4.79 Å². The summed E-state index contributed by atoms with van der Waals surface area (Å²) < 4.78 is 6.62. The molecule has 9 nitrogen and oxygen atoms in total. The van der Waals surface area contributed by atoms with Crippen LogP contribution >= 0.6 is 0 Å². The Kier molecular flexibility index (Phi) is 5.41. The molecule has 1 saturated heterocycles. The smallest absolute Gasteiger partial charge is 0.320 e. The molecule has 176 valence electrons. The molecule has 0 amide bonds. The maximum Gasteiger partial charge on any atom is 0.320 e. The monoisotopic (exact) mass is 460 g/mol.